The van der Waals surface area contributed by atoms with E-state index in [0.717, 1.165) is 16.7 Å². The third kappa shape index (κ3) is 9.05. The molecule has 0 unspecified atom stereocenters. The number of unbranched alkanes of at least 4 members (excludes halogenated alkanes) is 1. The number of esters is 2. The highest BCUT2D eigenvalue weighted by atomic mass is 16.6. The fourth-order valence-electron chi connectivity index (χ4n) is 3.13. The summed E-state index contributed by atoms with van der Waals surface area (Å²) in [6.45, 7) is 9.40. The fourth-order valence-corrected chi connectivity index (χ4v) is 3.13. The van der Waals surface area contributed by atoms with Crippen molar-refractivity contribution < 1.29 is 28.6 Å². The number of hydrogen-bond acceptors (Lipinski definition) is 7. The van der Waals surface area contributed by atoms with Crippen LogP contribution in [0.4, 0.5) is 4.79 Å². The lowest BCUT2D eigenvalue weighted by molar-refractivity contribution is -0.168. The molecule has 2 aromatic carbocycles. The largest absolute Gasteiger partial charge is 0.458 e. The van der Waals surface area contributed by atoms with Gasteiger partial charge in [-0.3, -0.25) is 0 Å². The summed E-state index contributed by atoms with van der Waals surface area (Å²) in [5, 5.41) is 2.65. The van der Waals surface area contributed by atoms with Gasteiger partial charge >= 0.3 is 18.0 Å². The van der Waals surface area contributed by atoms with Crippen molar-refractivity contribution >= 4 is 18.0 Å². The predicted octanol–water partition coefficient (Wildman–Crippen LogP) is 4.34. The number of benzene rings is 2. The molecule has 0 fully saturated rings. The number of aryl methyl sites for hydroxylation is 2. The molecule has 1 atom stereocenters. The summed E-state index contributed by atoms with van der Waals surface area (Å²) in [6.07, 6.45) is 0.288. The standard InChI is InChI=1S/C27H36N2O6/c1-19-13-14-22(17-20(19)2)34-23(30)27(28,24(31)35-26(3,4)5)15-9-10-16-29-25(32)33-18-21-11-7-6-8-12-21/h6-8,11-14,17H,9-10,15-16,18,28H2,1-5H3,(H,29,32)/t27-/m0/s1. The van der Waals surface area contributed by atoms with Gasteiger partial charge in [-0.15, -0.1) is 0 Å². The van der Waals surface area contributed by atoms with Crippen molar-refractivity contribution in [3.05, 3.63) is 65.2 Å². The smallest absolute Gasteiger partial charge is 0.407 e. The van der Waals surface area contributed by atoms with Crippen LogP contribution in [0.1, 0.15) is 56.7 Å². The highest BCUT2D eigenvalue weighted by molar-refractivity contribution is 6.05. The van der Waals surface area contributed by atoms with E-state index in [1.807, 2.05) is 50.2 Å². The Morgan fingerprint density at radius 1 is 0.914 bits per heavy atom. The molecule has 0 aliphatic heterocycles. The molecule has 0 aromatic heterocycles. The number of carbonyl (C=O) groups is 3. The van der Waals surface area contributed by atoms with E-state index in [1.54, 1.807) is 32.9 Å². The molecule has 35 heavy (non-hydrogen) atoms. The summed E-state index contributed by atoms with van der Waals surface area (Å²) >= 11 is 0. The van der Waals surface area contributed by atoms with E-state index in [2.05, 4.69) is 5.32 Å². The first-order valence-corrected chi connectivity index (χ1v) is 11.7. The first-order valence-electron chi connectivity index (χ1n) is 11.7. The van der Waals surface area contributed by atoms with Crippen LogP contribution in [0, 0.1) is 13.8 Å². The Morgan fingerprint density at radius 2 is 1.60 bits per heavy atom. The van der Waals surface area contributed by atoms with Crippen molar-refractivity contribution in [3.8, 4) is 5.75 Å². The van der Waals surface area contributed by atoms with Crippen molar-refractivity contribution in [2.75, 3.05) is 6.54 Å². The van der Waals surface area contributed by atoms with Crippen LogP contribution in [0.5, 0.6) is 5.75 Å². The average Bonchev–Trinajstić information content (AvgIpc) is 2.79. The Labute approximate surface area is 207 Å². The zero-order valence-corrected chi connectivity index (χ0v) is 21.2. The molecule has 0 saturated heterocycles. The minimum Gasteiger partial charge on any atom is -0.458 e. The zero-order chi connectivity index (χ0) is 26.1. The minimum atomic E-state index is -1.99. The van der Waals surface area contributed by atoms with Crippen molar-refractivity contribution in [1.29, 1.82) is 0 Å². The lowest BCUT2D eigenvalue weighted by Crippen LogP contribution is -2.58. The van der Waals surface area contributed by atoms with Crippen LogP contribution in [-0.4, -0.2) is 35.7 Å². The molecule has 2 aromatic rings. The first-order chi connectivity index (χ1) is 16.4. The molecule has 0 bridgehead atoms. The van der Waals surface area contributed by atoms with Gasteiger partial charge in [0.15, 0.2) is 0 Å². The Bertz CT molecular complexity index is 1020. The van der Waals surface area contributed by atoms with E-state index < -0.39 is 29.2 Å². The molecule has 8 nitrogen and oxygen atoms in total. The van der Waals surface area contributed by atoms with Crippen LogP contribution >= 0.6 is 0 Å². The summed E-state index contributed by atoms with van der Waals surface area (Å²) in [5.41, 5.74) is 6.36. The third-order valence-electron chi connectivity index (χ3n) is 5.30. The second-order valence-electron chi connectivity index (χ2n) is 9.55. The maximum Gasteiger partial charge on any atom is 0.407 e. The van der Waals surface area contributed by atoms with Crippen molar-refractivity contribution in [1.82, 2.24) is 5.32 Å². The molecule has 1 amide bonds. The fraction of sp³-hybridized carbons (Fsp3) is 0.444. The van der Waals surface area contributed by atoms with E-state index in [9.17, 15) is 14.4 Å². The molecule has 3 N–H and O–H groups in total. The van der Waals surface area contributed by atoms with Gasteiger partial charge in [0.1, 0.15) is 18.0 Å². The van der Waals surface area contributed by atoms with Gasteiger partial charge < -0.3 is 25.3 Å². The minimum absolute atomic E-state index is 0.00761. The van der Waals surface area contributed by atoms with Crippen LogP contribution in [0.15, 0.2) is 48.5 Å². The average molecular weight is 485 g/mol. The Hall–Kier alpha value is -3.39. The lowest BCUT2D eigenvalue weighted by Gasteiger charge is -2.29. The molecule has 0 saturated carbocycles. The Balaban J connectivity index is 1.92. The van der Waals surface area contributed by atoms with Crippen molar-refractivity contribution in [2.24, 2.45) is 5.73 Å². The number of hydrogen-bond donors (Lipinski definition) is 2. The van der Waals surface area contributed by atoms with E-state index >= 15 is 0 Å². The molecule has 0 aliphatic rings. The lowest BCUT2D eigenvalue weighted by atomic mass is 9.93. The highest BCUT2D eigenvalue weighted by Crippen LogP contribution is 2.23. The number of nitrogens with two attached hydrogens (primary N) is 1. The molecule has 8 heteroatoms. The molecule has 0 radical (unpaired) electrons. The normalized spacial score (nSPS) is 12.9. The topological polar surface area (TPSA) is 117 Å². The second kappa shape index (κ2) is 12.4. The number of rotatable bonds is 10. The molecular weight excluding hydrogens is 448 g/mol. The van der Waals surface area contributed by atoms with Gasteiger partial charge in [-0.25, -0.2) is 14.4 Å². The van der Waals surface area contributed by atoms with Crippen LogP contribution in [0.3, 0.4) is 0 Å². The number of nitrogens with one attached hydrogen (secondary N) is 1. The molecule has 0 spiro atoms. The summed E-state index contributed by atoms with van der Waals surface area (Å²) in [4.78, 5) is 37.8. The van der Waals surface area contributed by atoms with Gasteiger partial charge in [0.05, 0.1) is 0 Å². The monoisotopic (exact) mass is 484 g/mol. The molecule has 190 valence electrons. The highest BCUT2D eigenvalue weighted by Gasteiger charge is 2.46. The van der Waals surface area contributed by atoms with Crippen LogP contribution in [0.2, 0.25) is 0 Å². The number of ether oxygens (including phenoxy) is 3. The van der Waals surface area contributed by atoms with E-state index in [1.165, 1.54) is 0 Å². The molecule has 0 aliphatic carbocycles. The van der Waals surface area contributed by atoms with Gasteiger partial charge in [0.25, 0.3) is 0 Å². The van der Waals surface area contributed by atoms with Crippen molar-refractivity contribution in [2.45, 2.75) is 71.6 Å². The quantitative estimate of drug-likeness (QED) is 0.223. The second-order valence-corrected chi connectivity index (χ2v) is 9.55. The molecular formula is C27H36N2O6. The summed E-state index contributed by atoms with van der Waals surface area (Å²) in [5.74, 6) is -1.43. The van der Waals surface area contributed by atoms with Crippen LogP contribution in [0.25, 0.3) is 0 Å². The number of amides is 1. The van der Waals surface area contributed by atoms with Gasteiger partial charge in [-0.05, 0) is 82.7 Å². The summed E-state index contributed by atoms with van der Waals surface area (Å²) < 4.78 is 16.1. The van der Waals surface area contributed by atoms with E-state index in [-0.39, 0.29) is 13.0 Å². The first kappa shape index (κ1) is 27.9. The number of alkyl carbamates (subject to hydrolysis) is 1. The maximum absolute atomic E-state index is 13.0. The third-order valence-corrected chi connectivity index (χ3v) is 5.30. The number of carbonyl (C=O) groups excluding carboxylic acids is 3. The van der Waals surface area contributed by atoms with Gasteiger partial charge in [-0.2, -0.15) is 0 Å². The SMILES string of the molecule is Cc1ccc(OC(=O)[C@@](N)(CCCCNC(=O)OCc2ccccc2)C(=O)OC(C)(C)C)cc1C. The van der Waals surface area contributed by atoms with Crippen LogP contribution in [-0.2, 0) is 25.7 Å². The Morgan fingerprint density at radius 3 is 2.23 bits per heavy atom. The zero-order valence-electron chi connectivity index (χ0n) is 21.2. The van der Waals surface area contributed by atoms with Crippen molar-refractivity contribution in [3.63, 3.8) is 0 Å². The van der Waals surface area contributed by atoms with E-state index in [4.69, 9.17) is 19.9 Å². The summed E-state index contributed by atoms with van der Waals surface area (Å²) in [7, 11) is 0. The Kier molecular flexibility index (Phi) is 9.83. The molecule has 2 rings (SSSR count). The predicted molar refractivity (Wildman–Crippen MR) is 133 cm³/mol. The maximum atomic E-state index is 13.0. The van der Waals surface area contributed by atoms with Gasteiger partial charge in [0, 0.05) is 6.54 Å². The van der Waals surface area contributed by atoms with Gasteiger partial charge in [0.2, 0.25) is 5.54 Å². The summed E-state index contributed by atoms with van der Waals surface area (Å²) in [6, 6.07) is 14.5. The van der Waals surface area contributed by atoms with E-state index in [0.29, 0.717) is 25.1 Å². The van der Waals surface area contributed by atoms with Crippen LogP contribution < -0.4 is 15.8 Å². The molecule has 0 heterocycles. The van der Waals surface area contributed by atoms with Gasteiger partial charge in [-0.1, -0.05) is 36.4 Å².